The molecule has 0 N–H and O–H groups in total. The second kappa shape index (κ2) is 7.55. The van der Waals surface area contributed by atoms with E-state index in [-0.39, 0.29) is 23.0 Å². The number of rotatable bonds is 6. The first-order valence-corrected chi connectivity index (χ1v) is 10.7. The fourth-order valence-corrected chi connectivity index (χ4v) is 4.81. The van der Waals surface area contributed by atoms with Crippen LogP contribution in [0.25, 0.3) is 10.2 Å². The van der Waals surface area contributed by atoms with Gasteiger partial charge in [0.05, 0.1) is 27.4 Å². The van der Waals surface area contributed by atoms with Crippen LogP contribution in [0.2, 0.25) is 0 Å². The van der Waals surface area contributed by atoms with Gasteiger partial charge < -0.3 is 4.90 Å². The molecule has 3 rings (SSSR count). The number of amides is 1. The summed E-state index contributed by atoms with van der Waals surface area (Å²) in [4.78, 5) is 18.6. The third-order valence-electron chi connectivity index (χ3n) is 4.10. The molecule has 26 heavy (non-hydrogen) atoms. The van der Waals surface area contributed by atoms with Gasteiger partial charge in [0.2, 0.25) is 5.91 Å². The SMILES string of the molecule is Cc1ccc(S(=O)(=O)CCC(=O)N(C)Cc2nc3ccccc3s2)cc1. The summed E-state index contributed by atoms with van der Waals surface area (Å²) < 4.78 is 25.8. The fraction of sp³-hybridized carbons (Fsp3) is 0.263. The quantitative estimate of drug-likeness (QED) is 0.649. The summed E-state index contributed by atoms with van der Waals surface area (Å²) in [5, 5.41) is 0.837. The molecule has 0 unspecified atom stereocenters. The predicted octanol–water partition coefficient (Wildman–Crippen LogP) is 3.43. The van der Waals surface area contributed by atoms with E-state index in [1.807, 2.05) is 31.2 Å². The fourth-order valence-electron chi connectivity index (χ4n) is 2.55. The minimum atomic E-state index is -3.46. The summed E-state index contributed by atoms with van der Waals surface area (Å²) in [6.45, 7) is 2.28. The average molecular weight is 389 g/mol. The van der Waals surface area contributed by atoms with E-state index in [1.54, 1.807) is 42.6 Å². The van der Waals surface area contributed by atoms with Crippen LogP contribution in [0, 0.1) is 6.92 Å². The summed E-state index contributed by atoms with van der Waals surface area (Å²) in [5.41, 5.74) is 1.91. The van der Waals surface area contributed by atoms with Crippen molar-refractivity contribution in [1.82, 2.24) is 9.88 Å². The zero-order chi connectivity index (χ0) is 18.7. The zero-order valence-corrected chi connectivity index (χ0v) is 16.3. The molecule has 0 spiro atoms. The summed E-state index contributed by atoms with van der Waals surface area (Å²) in [7, 11) is -1.79. The van der Waals surface area contributed by atoms with Crippen LogP contribution in [0.1, 0.15) is 17.0 Å². The zero-order valence-electron chi connectivity index (χ0n) is 14.7. The molecule has 0 bridgehead atoms. The number of carbonyl (C=O) groups is 1. The van der Waals surface area contributed by atoms with Gasteiger partial charge >= 0.3 is 0 Å². The highest BCUT2D eigenvalue weighted by molar-refractivity contribution is 7.91. The molecule has 1 aromatic heterocycles. The summed E-state index contributed by atoms with van der Waals surface area (Å²) in [6.07, 6.45) is -0.0440. The lowest BCUT2D eigenvalue weighted by molar-refractivity contribution is -0.130. The van der Waals surface area contributed by atoms with Crippen LogP contribution in [-0.2, 0) is 21.2 Å². The van der Waals surface area contributed by atoms with Crippen LogP contribution in [0.3, 0.4) is 0 Å². The summed E-state index contributed by atoms with van der Waals surface area (Å²) in [5.74, 6) is -0.404. The molecular formula is C19H20N2O3S2. The number of benzene rings is 2. The Bertz CT molecular complexity index is 991. The van der Waals surface area contributed by atoms with Gasteiger partial charge in [-0.05, 0) is 31.2 Å². The highest BCUT2D eigenvalue weighted by Gasteiger charge is 2.19. The molecule has 0 fully saturated rings. The number of sulfone groups is 1. The number of aryl methyl sites for hydroxylation is 1. The molecule has 1 heterocycles. The molecule has 1 amide bonds. The molecule has 2 aromatic carbocycles. The van der Waals surface area contributed by atoms with Crippen molar-refractivity contribution in [2.24, 2.45) is 0 Å². The minimum absolute atomic E-state index is 0.0440. The lowest BCUT2D eigenvalue weighted by Gasteiger charge is -2.15. The molecule has 0 aliphatic carbocycles. The van der Waals surface area contributed by atoms with Gasteiger partial charge in [-0.15, -0.1) is 11.3 Å². The Morgan fingerprint density at radius 1 is 1.12 bits per heavy atom. The first kappa shape index (κ1) is 18.5. The maximum atomic E-state index is 12.4. The topological polar surface area (TPSA) is 67.3 Å². The monoisotopic (exact) mass is 388 g/mol. The van der Waals surface area contributed by atoms with Crippen molar-refractivity contribution < 1.29 is 13.2 Å². The van der Waals surface area contributed by atoms with Gasteiger partial charge in [0.25, 0.3) is 0 Å². The number of thiazole rings is 1. The van der Waals surface area contributed by atoms with Crippen molar-refractivity contribution in [2.45, 2.75) is 24.8 Å². The van der Waals surface area contributed by atoms with Crippen molar-refractivity contribution in [1.29, 1.82) is 0 Å². The van der Waals surface area contributed by atoms with Gasteiger partial charge in [0.15, 0.2) is 9.84 Å². The van der Waals surface area contributed by atoms with Crippen LogP contribution in [0.4, 0.5) is 0 Å². The standard InChI is InChI=1S/C19H20N2O3S2/c1-14-7-9-15(10-8-14)26(23,24)12-11-19(22)21(2)13-18-20-16-5-3-4-6-17(16)25-18/h3-10H,11-13H2,1-2H3. The maximum Gasteiger partial charge on any atom is 0.223 e. The number of para-hydroxylation sites is 1. The van der Waals surface area contributed by atoms with Gasteiger partial charge in [-0.3, -0.25) is 4.79 Å². The van der Waals surface area contributed by atoms with Crippen molar-refractivity contribution in [3.05, 3.63) is 59.1 Å². The second-order valence-corrected chi connectivity index (χ2v) is 9.43. The Labute approximate surface area is 157 Å². The van der Waals surface area contributed by atoms with Crippen molar-refractivity contribution in [3.63, 3.8) is 0 Å². The Morgan fingerprint density at radius 3 is 2.50 bits per heavy atom. The molecule has 0 aliphatic rings. The second-order valence-electron chi connectivity index (χ2n) is 6.21. The van der Waals surface area contributed by atoms with Crippen LogP contribution in [0.5, 0.6) is 0 Å². The number of carbonyl (C=O) groups excluding carboxylic acids is 1. The van der Waals surface area contributed by atoms with Crippen molar-refractivity contribution in [2.75, 3.05) is 12.8 Å². The average Bonchev–Trinajstić information content (AvgIpc) is 3.02. The van der Waals surface area contributed by atoms with E-state index in [1.165, 1.54) is 4.90 Å². The number of fused-ring (bicyclic) bond motifs is 1. The Hall–Kier alpha value is -2.25. The van der Waals surface area contributed by atoms with Crippen LogP contribution < -0.4 is 0 Å². The van der Waals surface area contributed by atoms with E-state index in [0.717, 1.165) is 20.8 Å². The lowest BCUT2D eigenvalue weighted by atomic mass is 10.2. The molecule has 0 saturated heterocycles. The predicted molar refractivity (Wildman–Crippen MR) is 104 cm³/mol. The largest absolute Gasteiger partial charge is 0.339 e. The van der Waals surface area contributed by atoms with Gasteiger partial charge in [-0.1, -0.05) is 29.8 Å². The van der Waals surface area contributed by atoms with Gasteiger partial charge in [0.1, 0.15) is 5.01 Å². The molecule has 0 aliphatic heterocycles. The molecule has 0 saturated carbocycles. The summed E-state index contributed by atoms with van der Waals surface area (Å²) in [6, 6.07) is 14.5. The van der Waals surface area contributed by atoms with Gasteiger partial charge in [-0.25, -0.2) is 13.4 Å². The molecule has 7 heteroatoms. The van der Waals surface area contributed by atoms with E-state index in [4.69, 9.17) is 0 Å². The third-order valence-corrected chi connectivity index (χ3v) is 6.85. The summed E-state index contributed by atoms with van der Waals surface area (Å²) >= 11 is 1.54. The molecule has 3 aromatic rings. The van der Waals surface area contributed by atoms with E-state index in [2.05, 4.69) is 4.98 Å². The number of hydrogen-bond donors (Lipinski definition) is 0. The molecule has 5 nitrogen and oxygen atoms in total. The Morgan fingerprint density at radius 2 is 1.81 bits per heavy atom. The van der Waals surface area contributed by atoms with Crippen LogP contribution in [-0.4, -0.2) is 37.0 Å². The van der Waals surface area contributed by atoms with Gasteiger partial charge in [0, 0.05) is 13.5 Å². The van der Waals surface area contributed by atoms with E-state index in [0.29, 0.717) is 6.54 Å². The number of aromatic nitrogens is 1. The van der Waals surface area contributed by atoms with Crippen LogP contribution >= 0.6 is 11.3 Å². The highest BCUT2D eigenvalue weighted by atomic mass is 32.2. The third kappa shape index (κ3) is 4.28. The number of nitrogens with zero attached hydrogens (tertiary/aromatic N) is 2. The van der Waals surface area contributed by atoms with E-state index in [9.17, 15) is 13.2 Å². The Balaban J connectivity index is 1.61. The van der Waals surface area contributed by atoms with E-state index >= 15 is 0 Å². The van der Waals surface area contributed by atoms with E-state index < -0.39 is 9.84 Å². The molecule has 136 valence electrons. The number of hydrogen-bond acceptors (Lipinski definition) is 5. The van der Waals surface area contributed by atoms with Crippen molar-refractivity contribution in [3.8, 4) is 0 Å². The smallest absolute Gasteiger partial charge is 0.223 e. The van der Waals surface area contributed by atoms with Crippen molar-refractivity contribution >= 4 is 37.3 Å². The normalized spacial score (nSPS) is 11.6. The minimum Gasteiger partial charge on any atom is -0.339 e. The van der Waals surface area contributed by atoms with Crippen LogP contribution in [0.15, 0.2) is 53.4 Å². The maximum absolute atomic E-state index is 12.4. The molecule has 0 radical (unpaired) electrons. The van der Waals surface area contributed by atoms with Gasteiger partial charge in [-0.2, -0.15) is 0 Å². The first-order chi connectivity index (χ1) is 12.3. The first-order valence-electron chi connectivity index (χ1n) is 8.23. The highest BCUT2D eigenvalue weighted by Crippen LogP contribution is 2.22. The lowest BCUT2D eigenvalue weighted by Crippen LogP contribution is -2.28. The Kier molecular flexibility index (Phi) is 5.38. The molecule has 0 atom stereocenters. The molecular weight excluding hydrogens is 368 g/mol.